The molecule has 3 aliphatic rings. The Bertz CT molecular complexity index is 1510. The third-order valence-corrected chi connectivity index (χ3v) is 9.57. The summed E-state index contributed by atoms with van der Waals surface area (Å²) in [5.41, 5.74) is 3.73. The molecule has 0 radical (unpaired) electrons. The van der Waals surface area contributed by atoms with Crippen molar-refractivity contribution in [2.45, 2.75) is 97.7 Å². The summed E-state index contributed by atoms with van der Waals surface area (Å²) in [5.74, 6) is 1.05. The number of ketones is 1. The third-order valence-electron chi connectivity index (χ3n) is 9.57. The van der Waals surface area contributed by atoms with E-state index in [1.165, 1.54) is 39.0 Å². The lowest BCUT2D eigenvalue weighted by Gasteiger charge is -2.27. The maximum absolute atomic E-state index is 13.9. The number of piperidine rings is 1. The molecule has 2 aliphatic carbocycles. The molecule has 3 aromatic rings. The highest BCUT2D eigenvalue weighted by atomic mass is 16.2. The van der Waals surface area contributed by atoms with Crippen molar-refractivity contribution in [2.75, 3.05) is 6.54 Å². The molecule has 2 saturated carbocycles. The Kier molecular flexibility index (Phi) is 7.16. The Morgan fingerprint density at radius 2 is 1.76 bits per heavy atom. The maximum atomic E-state index is 13.9. The number of carbonyl (C=O) groups excluding carboxylic acids is 3. The molecular weight excluding hydrogens is 516 g/mol. The summed E-state index contributed by atoms with van der Waals surface area (Å²) in [5, 5.41) is 8.48. The summed E-state index contributed by atoms with van der Waals surface area (Å²) < 4.78 is 1.65. The first-order chi connectivity index (χ1) is 19.6. The molecule has 3 heterocycles. The monoisotopic (exact) mass is 556 g/mol. The molecule has 1 N–H and O–H groups in total. The summed E-state index contributed by atoms with van der Waals surface area (Å²) in [7, 11) is 0. The molecule has 1 aliphatic heterocycles. The summed E-state index contributed by atoms with van der Waals surface area (Å²) >= 11 is 0. The second-order valence-electron chi connectivity index (χ2n) is 12.7. The van der Waals surface area contributed by atoms with Gasteiger partial charge in [0.25, 0.3) is 0 Å². The van der Waals surface area contributed by atoms with Crippen LogP contribution in [-0.2, 0) is 16.1 Å². The number of amides is 2. The second-order valence-corrected chi connectivity index (χ2v) is 12.7. The highest BCUT2D eigenvalue weighted by Crippen LogP contribution is 2.59. The fourth-order valence-corrected chi connectivity index (χ4v) is 7.17. The van der Waals surface area contributed by atoms with Crippen LogP contribution < -0.4 is 5.32 Å². The van der Waals surface area contributed by atoms with Crippen molar-refractivity contribution < 1.29 is 14.4 Å². The molecule has 1 aromatic carbocycles. The predicted molar refractivity (Wildman–Crippen MR) is 156 cm³/mol. The van der Waals surface area contributed by atoms with E-state index in [4.69, 9.17) is 0 Å². The SMILES string of the molecule is CC(=O)c1nn(CC(=O)N2C3C[C@]3(C)C[C@H]2C(=O)NCCC2CCCCC2)c2c(C)cc(-c3cnc(C)nc3)cc12. The fourth-order valence-electron chi connectivity index (χ4n) is 7.17. The Labute approximate surface area is 241 Å². The normalized spacial score (nSPS) is 24.0. The van der Waals surface area contributed by atoms with Crippen LogP contribution in [-0.4, -0.2) is 60.9 Å². The molecular formula is C32H40N6O3. The van der Waals surface area contributed by atoms with Crippen LogP contribution in [0.3, 0.4) is 0 Å². The van der Waals surface area contributed by atoms with Crippen LogP contribution in [0.1, 0.15) is 87.1 Å². The molecule has 6 rings (SSSR count). The summed E-state index contributed by atoms with van der Waals surface area (Å²) in [6.07, 6.45) is 12.6. The number of benzene rings is 1. The van der Waals surface area contributed by atoms with Crippen molar-refractivity contribution in [1.82, 2.24) is 30.0 Å². The van der Waals surface area contributed by atoms with Gasteiger partial charge in [0.2, 0.25) is 11.8 Å². The molecule has 2 aromatic heterocycles. The van der Waals surface area contributed by atoms with Gasteiger partial charge in [-0.2, -0.15) is 5.10 Å². The average molecular weight is 557 g/mol. The van der Waals surface area contributed by atoms with Crippen molar-refractivity contribution in [1.29, 1.82) is 0 Å². The maximum Gasteiger partial charge on any atom is 0.245 e. The van der Waals surface area contributed by atoms with Crippen molar-refractivity contribution in [3.63, 3.8) is 0 Å². The third kappa shape index (κ3) is 5.26. The zero-order valence-corrected chi connectivity index (χ0v) is 24.6. The number of hydrogen-bond acceptors (Lipinski definition) is 6. The highest BCUT2D eigenvalue weighted by Gasteiger charge is 2.64. The summed E-state index contributed by atoms with van der Waals surface area (Å²) in [4.78, 5) is 50.3. The summed E-state index contributed by atoms with van der Waals surface area (Å²) in [6.45, 7) is 8.12. The average Bonchev–Trinajstić information content (AvgIpc) is 3.30. The Hall–Kier alpha value is -3.62. The minimum absolute atomic E-state index is 0.00130. The molecule has 1 saturated heterocycles. The van der Waals surface area contributed by atoms with Gasteiger partial charge in [-0.15, -0.1) is 0 Å². The van der Waals surface area contributed by atoms with E-state index in [1.54, 1.807) is 17.1 Å². The van der Waals surface area contributed by atoms with Crippen LogP contribution in [0.2, 0.25) is 0 Å². The van der Waals surface area contributed by atoms with E-state index in [-0.39, 0.29) is 35.6 Å². The zero-order valence-electron chi connectivity index (χ0n) is 24.6. The van der Waals surface area contributed by atoms with Crippen LogP contribution in [0.25, 0.3) is 22.0 Å². The van der Waals surface area contributed by atoms with Gasteiger partial charge in [0.05, 0.1) is 5.52 Å². The van der Waals surface area contributed by atoms with Crippen LogP contribution >= 0.6 is 0 Å². The molecule has 3 atom stereocenters. The molecule has 3 fully saturated rings. The predicted octanol–water partition coefficient (Wildman–Crippen LogP) is 4.78. The van der Waals surface area contributed by atoms with Gasteiger partial charge in [-0.3, -0.25) is 19.1 Å². The van der Waals surface area contributed by atoms with Crippen LogP contribution in [0.4, 0.5) is 0 Å². The molecule has 9 heteroatoms. The number of Topliss-reactive ketones (excluding diaryl/α,β-unsaturated/α-hetero) is 1. The Balaban J connectivity index is 1.23. The van der Waals surface area contributed by atoms with E-state index in [9.17, 15) is 14.4 Å². The van der Waals surface area contributed by atoms with Crippen molar-refractivity contribution in [3.8, 4) is 11.1 Å². The Morgan fingerprint density at radius 1 is 1.02 bits per heavy atom. The molecule has 2 amide bonds. The van der Waals surface area contributed by atoms with Gasteiger partial charge in [-0.05, 0) is 67.7 Å². The first kappa shape index (κ1) is 27.5. The summed E-state index contributed by atoms with van der Waals surface area (Å²) in [6, 6.07) is 3.56. The number of hydrogen-bond donors (Lipinski definition) is 1. The number of aryl methyl sites for hydroxylation is 2. The van der Waals surface area contributed by atoms with E-state index >= 15 is 0 Å². The van der Waals surface area contributed by atoms with Crippen molar-refractivity contribution in [2.24, 2.45) is 11.3 Å². The van der Waals surface area contributed by atoms with E-state index < -0.39 is 6.04 Å². The lowest BCUT2D eigenvalue weighted by Crippen LogP contribution is -2.49. The van der Waals surface area contributed by atoms with Gasteiger partial charge in [-0.1, -0.05) is 39.0 Å². The van der Waals surface area contributed by atoms with Gasteiger partial charge in [0.15, 0.2) is 5.78 Å². The molecule has 216 valence electrons. The van der Waals surface area contributed by atoms with Crippen LogP contribution in [0, 0.1) is 25.2 Å². The van der Waals surface area contributed by atoms with Crippen LogP contribution in [0.5, 0.6) is 0 Å². The first-order valence-electron chi connectivity index (χ1n) is 15.0. The topological polar surface area (TPSA) is 110 Å². The van der Waals surface area contributed by atoms with E-state index in [0.29, 0.717) is 35.8 Å². The number of nitrogens with zero attached hydrogens (tertiary/aromatic N) is 5. The van der Waals surface area contributed by atoms with Crippen LogP contribution in [0.15, 0.2) is 24.5 Å². The number of nitrogens with one attached hydrogen (secondary N) is 1. The van der Waals surface area contributed by atoms with Gasteiger partial charge < -0.3 is 10.2 Å². The van der Waals surface area contributed by atoms with E-state index in [2.05, 4.69) is 27.3 Å². The molecule has 1 unspecified atom stereocenters. The number of aromatic nitrogens is 4. The fraction of sp³-hybridized carbons (Fsp3) is 0.562. The smallest absolute Gasteiger partial charge is 0.245 e. The first-order valence-corrected chi connectivity index (χ1v) is 15.0. The number of likely N-dealkylation sites (tertiary alicyclic amines) is 1. The van der Waals surface area contributed by atoms with Gasteiger partial charge in [0, 0.05) is 42.9 Å². The molecule has 0 spiro atoms. The minimum Gasteiger partial charge on any atom is -0.354 e. The standard InChI is InChI=1S/C32H40N6O3/c1-19-12-23(24-16-34-21(3)35-17-24)13-25-29(20(2)39)36-37(30(19)25)18-28(40)38-26(14-32(4)15-27(32)38)31(41)33-11-10-22-8-6-5-7-9-22/h12-13,16-17,22,26-27H,5-11,14-15,18H2,1-4H3,(H,33,41)/t26-,27?,32-/m0/s1. The number of carbonyl (C=O) groups is 3. The van der Waals surface area contributed by atoms with Gasteiger partial charge >= 0.3 is 0 Å². The largest absolute Gasteiger partial charge is 0.354 e. The van der Waals surface area contributed by atoms with Crippen molar-refractivity contribution in [3.05, 3.63) is 41.6 Å². The lowest BCUT2D eigenvalue weighted by molar-refractivity contribution is -0.140. The number of fused-ring (bicyclic) bond motifs is 2. The highest BCUT2D eigenvalue weighted by molar-refractivity contribution is 6.07. The molecule has 0 bridgehead atoms. The lowest BCUT2D eigenvalue weighted by atomic mass is 9.87. The van der Waals surface area contributed by atoms with E-state index in [0.717, 1.165) is 35.0 Å². The Morgan fingerprint density at radius 3 is 2.46 bits per heavy atom. The van der Waals surface area contributed by atoms with Crippen molar-refractivity contribution >= 4 is 28.5 Å². The van der Waals surface area contributed by atoms with Gasteiger partial charge in [-0.25, -0.2) is 9.97 Å². The van der Waals surface area contributed by atoms with Gasteiger partial charge in [0.1, 0.15) is 24.1 Å². The minimum atomic E-state index is -0.457. The molecule has 9 nitrogen and oxygen atoms in total. The zero-order chi connectivity index (χ0) is 28.9. The quantitative estimate of drug-likeness (QED) is 0.400. The second kappa shape index (κ2) is 10.7. The number of rotatable bonds is 8. The molecule has 41 heavy (non-hydrogen) atoms. The van der Waals surface area contributed by atoms with E-state index in [1.807, 2.05) is 30.9 Å².